The lowest BCUT2D eigenvalue weighted by Crippen LogP contribution is -2.60. The number of nitrogens with one attached hydrogen (secondary N) is 1. The van der Waals surface area contributed by atoms with Crippen molar-refractivity contribution in [2.75, 3.05) is 0 Å². The second-order valence-corrected chi connectivity index (χ2v) is 8.71. The van der Waals surface area contributed by atoms with Crippen molar-refractivity contribution in [1.29, 1.82) is 0 Å². The van der Waals surface area contributed by atoms with Crippen LogP contribution in [0.1, 0.15) is 77.0 Å². The van der Waals surface area contributed by atoms with Gasteiger partial charge in [-0.1, -0.05) is 19.3 Å². The highest BCUT2D eigenvalue weighted by molar-refractivity contribution is 5.78. The maximum absolute atomic E-state index is 12.5. The highest BCUT2D eigenvalue weighted by Gasteiger charge is 2.51. The first kappa shape index (κ1) is 14.0. The van der Waals surface area contributed by atoms with E-state index in [-0.39, 0.29) is 11.4 Å². The molecule has 5 fully saturated rings. The van der Waals surface area contributed by atoms with E-state index in [1.807, 2.05) is 0 Å². The molecule has 0 atom stereocenters. The van der Waals surface area contributed by atoms with Gasteiger partial charge in [-0.15, -0.1) is 0 Å². The number of hydrogen-bond acceptors (Lipinski definition) is 2. The molecule has 0 radical (unpaired) electrons. The summed E-state index contributed by atoms with van der Waals surface area (Å²) in [5, 5.41) is 14.0. The maximum atomic E-state index is 12.5. The second-order valence-electron chi connectivity index (χ2n) is 8.71. The molecule has 4 bridgehead atoms. The summed E-state index contributed by atoms with van der Waals surface area (Å²) >= 11 is 0. The summed E-state index contributed by atoms with van der Waals surface area (Å²) in [4.78, 5) is 12.5. The maximum Gasteiger partial charge on any atom is 0.223 e. The largest absolute Gasteiger partial charge is 0.389 e. The number of aliphatic hydroxyl groups is 1. The average Bonchev–Trinajstić information content (AvgIpc) is 2.35. The van der Waals surface area contributed by atoms with Crippen molar-refractivity contribution in [1.82, 2.24) is 5.32 Å². The zero-order chi connectivity index (χ0) is 14.5. The van der Waals surface area contributed by atoms with Crippen LogP contribution in [0.5, 0.6) is 0 Å². The number of carbonyl (C=O) groups is 1. The molecule has 0 aromatic carbocycles. The van der Waals surface area contributed by atoms with E-state index >= 15 is 0 Å². The van der Waals surface area contributed by atoms with E-state index in [9.17, 15) is 9.90 Å². The molecule has 0 aromatic heterocycles. The van der Waals surface area contributed by atoms with E-state index < -0.39 is 5.60 Å². The summed E-state index contributed by atoms with van der Waals surface area (Å²) in [6.07, 6.45) is 13.1. The van der Waals surface area contributed by atoms with Crippen molar-refractivity contribution in [3.63, 3.8) is 0 Å². The molecular weight excluding hydrogens is 262 g/mol. The molecule has 5 aliphatic carbocycles. The molecule has 21 heavy (non-hydrogen) atoms. The summed E-state index contributed by atoms with van der Waals surface area (Å²) in [6.45, 7) is 0. The quantitative estimate of drug-likeness (QED) is 0.839. The lowest BCUT2D eigenvalue weighted by atomic mass is 9.53. The van der Waals surface area contributed by atoms with Gasteiger partial charge >= 0.3 is 0 Å². The zero-order valence-corrected chi connectivity index (χ0v) is 13.1. The molecule has 5 saturated carbocycles. The van der Waals surface area contributed by atoms with Crippen molar-refractivity contribution in [3.8, 4) is 0 Å². The molecular formula is C18H29NO2. The van der Waals surface area contributed by atoms with Gasteiger partial charge in [0.15, 0.2) is 0 Å². The van der Waals surface area contributed by atoms with Crippen LogP contribution in [-0.4, -0.2) is 22.2 Å². The summed E-state index contributed by atoms with van der Waals surface area (Å²) in [5.74, 6) is 2.68. The molecule has 0 spiro atoms. The Bertz CT molecular complexity index is 390. The van der Waals surface area contributed by atoms with E-state index in [0.717, 1.165) is 43.4 Å². The van der Waals surface area contributed by atoms with Crippen molar-refractivity contribution < 1.29 is 9.90 Å². The Kier molecular flexibility index (Phi) is 3.33. The van der Waals surface area contributed by atoms with Gasteiger partial charge in [0.05, 0.1) is 12.0 Å². The third-order valence-electron chi connectivity index (χ3n) is 6.72. The topological polar surface area (TPSA) is 49.3 Å². The summed E-state index contributed by atoms with van der Waals surface area (Å²) in [6, 6.07) is 0. The molecule has 118 valence electrons. The van der Waals surface area contributed by atoms with Crippen molar-refractivity contribution in [2.45, 2.75) is 88.2 Å². The first-order valence-electron chi connectivity index (χ1n) is 9.08. The fourth-order valence-electron chi connectivity index (χ4n) is 6.29. The first-order chi connectivity index (χ1) is 10.0. The fraction of sp³-hybridized carbons (Fsp3) is 0.944. The van der Waals surface area contributed by atoms with E-state index in [1.54, 1.807) is 0 Å². The molecule has 3 heteroatoms. The van der Waals surface area contributed by atoms with Gasteiger partial charge in [-0.3, -0.25) is 4.79 Å². The lowest BCUT2D eigenvalue weighted by molar-refractivity contribution is -0.133. The number of amides is 1. The molecule has 0 unspecified atom stereocenters. The van der Waals surface area contributed by atoms with Crippen molar-refractivity contribution in [3.05, 3.63) is 0 Å². The van der Waals surface area contributed by atoms with Crippen LogP contribution in [-0.2, 0) is 4.79 Å². The standard InChI is InChI=1S/C18H29NO2/c20-16(12-18(21)4-2-1-3-5-18)19-17-9-13-6-14(10-17)8-15(7-13)11-17/h13-15,21H,1-12H2,(H,19,20). The van der Waals surface area contributed by atoms with Gasteiger partial charge in [0.2, 0.25) is 5.91 Å². The normalized spacial score (nSPS) is 43.8. The molecule has 0 saturated heterocycles. The minimum atomic E-state index is -0.718. The smallest absolute Gasteiger partial charge is 0.223 e. The Morgan fingerprint density at radius 1 is 0.952 bits per heavy atom. The van der Waals surface area contributed by atoms with Gasteiger partial charge in [-0.05, 0) is 69.1 Å². The highest BCUT2D eigenvalue weighted by atomic mass is 16.3. The van der Waals surface area contributed by atoms with Crippen LogP contribution >= 0.6 is 0 Å². The predicted molar refractivity (Wildman–Crippen MR) is 81.7 cm³/mol. The summed E-state index contributed by atoms with van der Waals surface area (Å²) < 4.78 is 0. The molecule has 5 aliphatic rings. The van der Waals surface area contributed by atoms with Gasteiger partial charge in [-0.2, -0.15) is 0 Å². The zero-order valence-electron chi connectivity index (χ0n) is 13.1. The molecule has 0 aromatic rings. The highest BCUT2D eigenvalue weighted by Crippen LogP contribution is 2.55. The van der Waals surface area contributed by atoms with E-state index in [4.69, 9.17) is 0 Å². The van der Waals surface area contributed by atoms with Gasteiger partial charge < -0.3 is 10.4 Å². The third-order valence-corrected chi connectivity index (χ3v) is 6.72. The van der Waals surface area contributed by atoms with Crippen LogP contribution in [0.25, 0.3) is 0 Å². The van der Waals surface area contributed by atoms with E-state index in [1.165, 1.54) is 44.9 Å². The van der Waals surface area contributed by atoms with Gasteiger partial charge in [0, 0.05) is 5.54 Å². The summed E-state index contributed by atoms with van der Waals surface area (Å²) in [5.41, 5.74) is -0.624. The fourth-order valence-corrected chi connectivity index (χ4v) is 6.29. The molecule has 1 amide bonds. The average molecular weight is 291 g/mol. The SMILES string of the molecule is O=C(CC1(O)CCCCC1)NC12CC3CC(CC(C3)C1)C2. The lowest BCUT2D eigenvalue weighted by Gasteiger charge is -2.57. The van der Waals surface area contributed by atoms with Crippen molar-refractivity contribution in [2.24, 2.45) is 17.8 Å². The van der Waals surface area contributed by atoms with Gasteiger partial charge in [0.1, 0.15) is 0 Å². The Labute approximate surface area is 127 Å². The molecule has 2 N–H and O–H groups in total. The third kappa shape index (κ3) is 2.74. The number of rotatable bonds is 3. The van der Waals surface area contributed by atoms with Crippen molar-refractivity contribution >= 4 is 5.91 Å². The minimum Gasteiger partial charge on any atom is -0.389 e. The Hall–Kier alpha value is -0.570. The molecule has 0 heterocycles. The van der Waals surface area contributed by atoms with Crippen LogP contribution in [0.2, 0.25) is 0 Å². The Balaban J connectivity index is 1.40. The monoisotopic (exact) mass is 291 g/mol. The molecule has 0 aliphatic heterocycles. The van der Waals surface area contributed by atoms with Crippen LogP contribution in [0.15, 0.2) is 0 Å². The van der Waals surface area contributed by atoms with Crippen LogP contribution in [0.3, 0.4) is 0 Å². The van der Waals surface area contributed by atoms with Gasteiger partial charge in [-0.25, -0.2) is 0 Å². The van der Waals surface area contributed by atoms with E-state index in [0.29, 0.717) is 6.42 Å². The predicted octanol–water partition coefficient (Wildman–Crippen LogP) is 3.16. The molecule has 3 nitrogen and oxygen atoms in total. The van der Waals surface area contributed by atoms with Crippen LogP contribution in [0, 0.1) is 17.8 Å². The Morgan fingerprint density at radius 2 is 1.48 bits per heavy atom. The van der Waals surface area contributed by atoms with E-state index in [2.05, 4.69) is 5.32 Å². The van der Waals surface area contributed by atoms with Gasteiger partial charge in [0.25, 0.3) is 0 Å². The second kappa shape index (κ2) is 4.97. The van der Waals surface area contributed by atoms with Crippen LogP contribution < -0.4 is 5.32 Å². The first-order valence-corrected chi connectivity index (χ1v) is 9.08. The number of carbonyl (C=O) groups excluding carboxylic acids is 1. The Morgan fingerprint density at radius 3 is 2.00 bits per heavy atom. The molecule has 5 rings (SSSR count). The van der Waals surface area contributed by atoms with Crippen LogP contribution in [0.4, 0.5) is 0 Å². The minimum absolute atomic E-state index is 0.0941. The number of hydrogen-bond donors (Lipinski definition) is 2. The summed E-state index contributed by atoms with van der Waals surface area (Å²) in [7, 11) is 0.